The van der Waals surface area contributed by atoms with Crippen LogP contribution in [0, 0.1) is 0 Å². The van der Waals surface area contributed by atoms with Crippen molar-refractivity contribution in [3.8, 4) is 33.1 Å². The summed E-state index contributed by atoms with van der Waals surface area (Å²) in [5, 5.41) is 18.4. The summed E-state index contributed by atoms with van der Waals surface area (Å²) in [7, 11) is 0. The number of hydrogen-bond acceptors (Lipinski definition) is 7. The number of hydrogen-bond donors (Lipinski definition) is 3. The molecule has 0 saturated carbocycles. The van der Waals surface area contributed by atoms with Gasteiger partial charge in [0.25, 0.3) is 5.91 Å². The zero-order valence-corrected chi connectivity index (χ0v) is 23.0. The van der Waals surface area contributed by atoms with Crippen molar-refractivity contribution < 1.29 is 32.6 Å². The summed E-state index contributed by atoms with van der Waals surface area (Å²) in [6.07, 6.45) is -2.99. The number of thiophene rings is 1. The first-order chi connectivity index (χ1) is 20.6. The van der Waals surface area contributed by atoms with Crippen LogP contribution in [-0.2, 0) is 19.1 Å². The highest BCUT2D eigenvalue weighted by Gasteiger charge is 2.34. The Labute approximate surface area is 246 Å². The van der Waals surface area contributed by atoms with Crippen molar-refractivity contribution in [2.75, 3.05) is 11.9 Å². The lowest BCUT2D eigenvalue weighted by molar-refractivity contribution is -0.141. The van der Waals surface area contributed by atoms with E-state index in [1.807, 2.05) is 11.4 Å². The Balaban J connectivity index is 1.49. The Morgan fingerprint density at radius 3 is 2.53 bits per heavy atom. The molecule has 6 rings (SSSR count). The zero-order chi connectivity index (χ0) is 30.3. The minimum Gasteiger partial charge on any atom is -0.493 e. The number of nitrogens with one attached hydrogen (secondary N) is 1. The number of anilines is 1. The predicted octanol–water partition coefficient (Wildman–Crippen LogP) is 6.03. The molecule has 1 aliphatic heterocycles. The van der Waals surface area contributed by atoms with E-state index in [9.17, 15) is 27.9 Å². The highest BCUT2D eigenvalue weighted by molar-refractivity contribution is 7.13. The summed E-state index contributed by atoms with van der Waals surface area (Å²) in [5.41, 5.74) is 7.64. The second-order valence-corrected chi connectivity index (χ2v) is 10.6. The van der Waals surface area contributed by atoms with Crippen LogP contribution in [0.4, 0.5) is 18.9 Å². The van der Waals surface area contributed by atoms with Crippen LogP contribution in [0.25, 0.3) is 27.4 Å². The summed E-state index contributed by atoms with van der Waals surface area (Å²) >= 11 is 1.50. The minimum absolute atomic E-state index is 0.0742. The number of benzene rings is 2. The molecule has 4 N–H and O–H groups in total. The highest BCUT2D eigenvalue weighted by atomic mass is 32.1. The number of nitrogens with zero attached hydrogens (tertiary/aromatic N) is 3. The topological polar surface area (TPSA) is 132 Å². The van der Waals surface area contributed by atoms with Crippen molar-refractivity contribution in [2.45, 2.75) is 19.1 Å². The van der Waals surface area contributed by atoms with Crippen molar-refractivity contribution >= 4 is 28.9 Å². The Hall–Kier alpha value is -5.01. The van der Waals surface area contributed by atoms with Crippen LogP contribution < -0.4 is 15.8 Å². The van der Waals surface area contributed by atoms with Gasteiger partial charge in [0.1, 0.15) is 5.75 Å². The van der Waals surface area contributed by atoms with Crippen LogP contribution in [0.3, 0.4) is 0 Å². The standard InChI is InChI=1S/C30H22F3N5O4S/c31-30(32,33)24-7-10-38(37-24)25-6-5-19(26(36-25)29(40)41)20-14-23-22(27-17(8-11-42-23)9-12-43-27)13-21(20)28(39)35-18-3-1-16(15-34)2-4-18/h1-7,9-10,12-14H,8,11,15,34H2,(H,35,39)(H,40,41). The maximum atomic E-state index is 13.8. The van der Waals surface area contributed by atoms with Gasteiger partial charge in [-0.1, -0.05) is 12.1 Å². The number of aromatic carboxylic acids is 1. The van der Waals surface area contributed by atoms with Crippen molar-refractivity contribution in [1.29, 1.82) is 0 Å². The molecule has 0 bridgehead atoms. The summed E-state index contributed by atoms with van der Waals surface area (Å²) in [5.74, 6) is -1.64. The third-order valence-electron chi connectivity index (χ3n) is 6.92. The number of halogens is 3. The average molecular weight is 606 g/mol. The van der Waals surface area contributed by atoms with E-state index in [0.29, 0.717) is 36.6 Å². The molecule has 1 amide bonds. The van der Waals surface area contributed by atoms with Crippen molar-refractivity contribution in [2.24, 2.45) is 5.73 Å². The second-order valence-electron chi connectivity index (χ2n) is 9.64. The van der Waals surface area contributed by atoms with Gasteiger partial charge in [0.2, 0.25) is 0 Å². The molecule has 0 atom stereocenters. The van der Waals surface area contributed by atoms with E-state index in [-0.39, 0.29) is 22.5 Å². The molecule has 0 spiro atoms. The van der Waals surface area contributed by atoms with Crippen molar-refractivity contribution in [3.63, 3.8) is 0 Å². The molecule has 9 nitrogen and oxygen atoms in total. The molecule has 43 heavy (non-hydrogen) atoms. The molecule has 0 fully saturated rings. The van der Waals surface area contributed by atoms with Crippen LogP contribution in [0.1, 0.15) is 37.7 Å². The van der Waals surface area contributed by atoms with E-state index < -0.39 is 29.4 Å². The molecule has 5 aromatic rings. The van der Waals surface area contributed by atoms with Crippen LogP contribution in [0.2, 0.25) is 0 Å². The fourth-order valence-corrected chi connectivity index (χ4v) is 5.79. The van der Waals surface area contributed by atoms with Gasteiger partial charge in [-0.3, -0.25) is 4.79 Å². The SMILES string of the molecule is NCc1ccc(NC(=O)c2cc3c(cc2-c2ccc(-n4ccc(C(F)(F)F)n4)nc2C(=O)O)OCCc2ccsc2-3)cc1. The van der Waals surface area contributed by atoms with E-state index in [1.54, 1.807) is 36.4 Å². The molecule has 4 heterocycles. The number of alkyl halides is 3. The summed E-state index contributed by atoms with van der Waals surface area (Å²) in [6.45, 7) is 0.711. The first kappa shape index (κ1) is 28.1. The van der Waals surface area contributed by atoms with Gasteiger partial charge in [-0.05, 0) is 65.0 Å². The Bertz CT molecular complexity index is 1860. The van der Waals surface area contributed by atoms with Gasteiger partial charge >= 0.3 is 12.1 Å². The zero-order valence-electron chi connectivity index (χ0n) is 22.2. The van der Waals surface area contributed by atoms with E-state index in [4.69, 9.17) is 10.5 Å². The molecular weight excluding hydrogens is 583 g/mol. The van der Waals surface area contributed by atoms with E-state index in [1.165, 1.54) is 23.5 Å². The number of fused-ring (bicyclic) bond motifs is 3. The summed E-state index contributed by atoms with van der Waals surface area (Å²) in [6, 6.07) is 15.7. The molecular formula is C30H22F3N5O4S. The lowest BCUT2D eigenvalue weighted by Gasteiger charge is -2.17. The maximum absolute atomic E-state index is 13.8. The molecule has 0 saturated heterocycles. The van der Waals surface area contributed by atoms with E-state index in [2.05, 4.69) is 15.4 Å². The molecule has 218 valence electrons. The first-order valence-corrected chi connectivity index (χ1v) is 13.9. The Morgan fingerprint density at radius 1 is 1.05 bits per heavy atom. The lowest BCUT2D eigenvalue weighted by Crippen LogP contribution is -2.15. The predicted molar refractivity (Wildman–Crippen MR) is 154 cm³/mol. The van der Waals surface area contributed by atoms with Gasteiger partial charge in [0, 0.05) is 52.0 Å². The molecule has 3 aromatic heterocycles. The van der Waals surface area contributed by atoms with Crippen molar-refractivity contribution in [1.82, 2.24) is 14.8 Å². The smallest absolute Gasteiger partial charge is 0.435 e. The van der Waals surface area contributed by atoms with Crippen LogP contribution >= 0.6 is 11.3 Å². The fraction of sp³-hybridized carbons (Fsp3) is 0.133. The van der Waals surface area contributed by atoms with Gasteiger partial charge in [-0.2, -0.15) is 18.3 Å². The van der Waals surface area contributed by atoms with Crippen LogP contribution in [0.5, 0.6) is 5.75 Å². The van der Waals surface area contributed by atoms with E-state index in [0.717, 1.165) is 32.9 Å². The second kappa shape index (κ2) is 11.0. The largest absolute Gasteiger partial charge is 0.493 e. The Morgan fingerprint density at radius 2 is 1.84 bits per heavy atom. The lowest BCUT2D eigenvalue weighted by atomic mass is 9.93. The number of carbonyl (C=O) groups excluding carboxylic acids is 1. The summed E-state index contributed by atoms with van der Waals surface area (Å²) in [4.78, 5) is 31.3. The number of carboxylic acid groups (broad SMARTS) is 1. The number of carboxylic acids is 1. The van der Waals surface area contributed by atoms with Crippen LogP contribution in [0.15, 0.2) is 72.2 Å². The van der Waals surface area contributed by atoms with Gasteiger partial charge in [-0.15, -0.1) is 11.3 Å². The monoisotopic (exact) mass is 605 g/mol. The maximum Gasteiger partial charge on any atom is 0.435 e. The highest BCUT2D eigenvalue weighted by Crippen LogP contribution is 2.43. The molecule has 1 aliphatic rings. The number of ether oxygens (including phenoxy) is 1. The third-order valence-corrected chi connectivity index (χ3v) is 7.91. The molecule has 0 aliphatic carbocycles. The third kappa shape index (κ3) is 5.47. The molecule has 0 unspecified atom stereocenters. The van der Waals surface area contributed by atoms with Gasteiger partial charge < -0.3 is 20.9 Å². The normalized spacial score (nSPS) is 12.6. The van der Waals surface area contributed by atoms with Gasteiger partial charge in [0.15, 0.2) is 17.2 Å². The van der Waals surface area contributed by atoms with Crippen molar-refractivity contribution in [3.05, 3.63) is 100 Å². The van der Waals surface area contributed by atoms with Gasteiger partial charge in [0.05, 0.1) is 6.61 Å². The Kier molecular flexibility index (Phi) is 7.20. The number of nitrogens with two attached hydrogens (primary N) is 1. The average Bonchev–Trinajstić information content (AvgIpc) is 3.65. The molecule has 2 aromatic carbocycles. The molecule has 13 heteroatoms. The fourth-order valence-electron chi connectivity index (χ4n) is 4.81. The number of aromatic nitrogens is 3. The number of rotatable bonds is 6. The van der Waals surface area contributed by atoms with Crippen LogP contribution in [-0.4, -0.2) is 38.4 Å². The number of pyridine rings is 1. The number of carbonyl (C=O) groups is 2. The first-order valence-electron chi connectivity index (χ1n) is 13.0. The summed E-state index contributed by atoms with van der Waals surface area (Å²) < 4.78 is 46.2. The van der Waals surface area contributed by atoms with E-state index >= 15 is 0 Å². The quantitative estimate of drug-likeness (QED) is 0.215. The minimum atomic E-state index is -4.68. The van der Waals surface area contributed by atoms with Gasteiger partial charge in [-0.25, -0.2) is 14.5 Å². The number of amides is 1. The molecule has 0 radical (unpaired) electrons.